The van der Waals surface area contributed by atoms with Crippen LogP contribution in [0.5, 0.6) is 0 Å². The maximum Gasteiger partial charge on any atom is 0.238 e. The van der Waals surface area contributed by atoms with Gasteiger partial charge in [-0.1, -0.05) is 54.6 Å². The van der Waals surface area contributed by atoms with Gasteiger partial charge in [-0.15, -0.1) is 0 Å². The van der Waals surface area contributed by atoms with Gasteiger partial charge in [-0.2, -0.15) is 0 Å². The van der Waals surface area contributed by atoms with Gasteiger partial charge in [-0.05, 0) is 40.5 Å². The molecule has 120 valence electrons. The van der Waals surface area contributed by atoms with E-state index in [0.29, 0.717) is 11.1 Å². The van der Waals surface area contributed by atoms with Gasteiger partial charge >= 0.3 is 0 Å². The minimum atomic E-state index is -3.82. The Labute approximate surface area is 140 Å². The second-order valence-corrected chi connectivity index (χ2v) is 6.92. The van der Waals surface area contributed by atoms with Gasteiger partial charge in [0.15, 0.2) is 0 Å². The summed E-state index contributed by atoms with van der Waals surface area (Å²) in [5, 5.41) is 5.26. The van der Waals surface area contributed by atoms with Crippen molar-refractivity contribution in [2.24, 2.45) is 5.14 Å². The lowest BCUT2D eigenvalue weighted by Gasteiger charge is -2.12. The van der Waals surface area contributed by atoms with Crippen LogP contribution in [-0.4, -0.2) is 14.7 Å². The highest BCUT2D eigenvalue weighted by atomic mass is 32.2. The number of hydrogen-bond donors (Lipinski definition) is 1. The molecule has 0 amide bonds. The molecule has 0 fully saturated rings. The third-order valence-corrected chi connectivity index (χ3v) is 4.65. The average Bonchev–Trinajstić information content (AvgIpc) is 2.61. The Morgan fingerprint density at radius 1 is 0.750 bits per heavy atom. The van der Waals surface area contributed by atoms with Crippen molar-refractivity contribution in [3.63, 3.8) is 0 Å². The molecule has 0 bridgehead atoms. The highest BCUT2D eigenvalue weighted by Crippen LogP contribution is 2.34. The second kappa shape index (κ2) is 6.39. The van der Waals surface area contributed by atoms with Crippen LogP contribution < -0.4 is 5.14 Å². The molecule has 0 aliphatic rings. The summed E-state index contributed by atoms with van der Waals surface area (Å²) in [7, 11) is -3.82. The number of carbonyl (C=O) groups is 1. The summed E-state index contributed by atoms with van der Waals surface area (Å²) >= 11 is 0. The van der Waals surface area contributed by atoms with E-state index < -0.39 is 10.0 Å². The van der Waals surface area contributed by atoms with Crippen LogP contribution in [-0.2, 0) is 10.0 Å². The van der Waals surface area contributed by atoms with Crippen LogP contribution in [0.25, 0.3) is 22.3 Å². The van der Waals surface area contributed by atoms with Crippen molar-refractivity contribution < 1.29 is 13.2 Å². The maximum absolute atomic E-state index is 11.7. The molecule has 0 saturated heterocycles. The number of aldehydes is 1. The molecule has 0 radical (unpaired) electrons. The molecule has 0 aliphatic carbocycles. The molecule has 3 rings (SSSR count). The summed E-state index contributed by atoms with van der Waals surface area (Å²) in [5.41, 5.74) is 3.80. The number of carbonyl (C=O) groups excluding carboxylic acids is 1. The van der Waals surface area contributed by atoms with Crippen molar-refractivity contribution in [3.05, 3.63) is 78.4 Å². The van der Waals surface area contributed by atoms with E-state index >= 15 is 0 Å². The summed E-state index contributed by atoms with van der Waals surface area (Å²) in [6, 6.07) is 21.4. The standard InChI is InChI=1S/C19H15NO3S/c20-24(22,23)17-9-10-18(15-6-2-1-3-7-15)19(12-17)16-8-4-5-14(11-16)13-21/h1-13H,(H2,20,22,23). The Morgan fingerprint density at radius 2 is 1.46 bits per heavy atom. The molecule has 0 heterocycles. The number of hydrogen-bond acceptors (Lipinski definition) is 3. The van der Waals surface area contributed by atoms with Crippen LogP contribution in [0.1, 0.15) is 10.4 Å². The van der Waals surface area contributed by atoms with Crippen LogP contribution in [0.3, 0.4) is 0 Å². The molecule has 0 unspecified atom stereocenters. The van der Waals surface area contributed by atoms with Gasteiger partial charge in [-0.3, -0.25) is 4.79 Å². The van der Waals surface area contributed by atoms with Crippen LogP contribution >= 0.6 is 0 Å². The van der Waals surface area contributed by atoms with Gasteiger partial charge < -0.3 is 0 Å². The molecule has 5 heteroatoms. The van der Waals surface area contributed by atoms with Gasteiger partial charge in [0.1, 0.15) is 6.29 Å². The number of nitrogens with two attached hydrogens (primary N) is 1. The van der Waals surface area contributed by atoms with E-state index in [0.717, 1.165) is 23.0 Å². The first-order valence-corrected chi connectivity index (χ1v) is 8.81. The predicted octanol–water partition coefficient (Wildman–Crippen LogP) is 3.48. The van der Waals surface area contributed by atoms with Crippen LogP contribution in [0.15, 0.2) is 77.7 Å². The second-order valence-electron chi connectivity index (χ2n) is 5.36. The maximum atomic E-state index is 11.7. The van der Waals surface area contributed by atoms with Gasteiger partial charge in [0, 0.05) is 5.56 Å². The molecule has 0 aromatic heterocycles. The highest BCUT2D eigenvalue weighted by Gasteiger charge is 2.14. The van der Waals surface area contributed by atoms with Crippen LogP contribution in [0.4, 0.5) is 0 Å². The van der Waals surface area contributed by atoms with Gasteiger partial charge in [0.2, 0.25) is 10.0 Å². The van der Waals surface area contributed by atoms with E-state index in [1.54, 1.807) is 30.3 Å². The fourth-order valence-electron chi connectivity index (χ4n) is 2.59. The van der Waals surface area contributed by atoms with E-state index in [2.05, 4.69) is 0 Å². The Balaban J connectivity index is 2.29. The first kappa shape index (κ1) is 16.1. The first-order chi connectivity index (χ1) is 11.5. The zero-order valence-corrected chi connectivity index (χ0v) is 13.5. The minimum absolute atomic E-state index is 0.0358. The predicted molar refractivity (Wildman–Crippen MR) is 94.1 cm³/mol. The molecule has 0 spiro atoms. The monoisotopic (exact) mass is 337 g/mol. The van der Waals surface area contributed by atoms with Crippen molar-refractivity contribution >= 4 is 16.3 Å². The summed E-state index contributed by atoms with van der Waals surface area (Å²) in [4.78, 5) is 11.1. The molecular formula is C19H15NO3S. The number of sulfonamides is 1. The van der Waals surface area contributed by atoms with Crippen molar-refractivity contribution in [3.8, 4) is 22.3 Å². The molecule has 0 aliphatic heterocycles. The summed E-state index contributed by atoms with van der Waals surface area (Å²) < 4.78 is 23.4. The van der Waals surface area contributed by atoms with Gasteiger partial charge in [0.25, 0.3) is 0 Å². The van der Waals surface area contributed by atoms with Crippen molar-refractivity contribution in [2.45, 2.75) is 4.90 Å². The molecule has 4 nitrogen and oxygen atoms in total. The topological polar surface area (TPSA) is 77.2 Å². The molecule has 24 heavy (non-hydrogen) atoms. The smallest absolute Gasteiger partial charge is 0.238 e. The molecule has 2 N–H and O–H groups in total. The summed E-state index contributed by atoms with van der Waals surface area (Å²) in [5.74, 6) is 0. The molecule has 3 aromatic carbocycles. The Morgan fingerprint density at radius 3 is 2.12 bits per heavy atom. The Kier molecular flexibility index (Phi) is 4.29. The Bertz CT molecular complexity index is 996. The zero-order chi connectivity index (χ0) is 17.2. The van der Waals surface area contributed by atoms with E-state index in [1.807, 2.05) is 36.4 Å². The molecule has 0 atom stereocenters. The van der Waals surface area contributed by atoms with Crippen LogP contribution in [0, 0.1) is 0 Å². The highest BCUT2D eigenvalue weighted by molar-refractivity contribution is 7.89. The van der Waals surface area contributed by atoms with Gasteiger partial charge in [-0.25, -0.2) is 13.6 Å². The largest absolute Gasteiger partial charge is 0.298 e. The SMILES string of the molecule is NS(=O)(=O)c1ccc(-c2ccccc2)c(-c2cccc(C=O)c2)c1. The van der Waals surface area contributed by atoms with E-state index in [1.165, 1.54) is 6.07 Å². The van der Waals surface area contributed by atoms with Crippen molar-refractivity contribution in [1.29, 1.82) is 0 Å². The lowest BCUT2D eigenvalue weighted by molar-refractivity contribution is 0.112. The average molecular weight is 337 g/mol. The third-order valence-electron chi connectivity index (χ3n) is 3.74. The number of primary sulfonamides is 1. The van der Waals surface area contributed by atoms with Crippen LogP contribution in [0.2, 0.25) is 0 Å². The third kappa shape index (κ3) is 3.27. The lowest BCUT2D eigenvalue weighted by Crippen LogP contribution is -2.12. The quantitative estimate of drug-likeness (QED) is 0.740. The van der Waals surface area contributed by atoms with E-state index in [4.69, 9.17) is 5.14 Å². The summed E-state index contributed by atoms with van der Waals surface area (Å²) in [6.45, 7) is 0. The van der Waals surface area contributed by atoms with E-state index in [-0.39, 0.29) is 4.90 Å². The van der Waals surface area contributed by atoms with Gasteiger partial charge in [0.05, 0.1) is 4.90 Å². The van der Waals surface area contributed by atoms with Crippen molar-refractivity contribution in [1.82, 2.24) is 0 Å². The fraction of sp³-hybridized carbons (Fsp3) is 0. The first-order valence-electron chi connectivity index (χ1n) is 7.27. The molecule has 3 aromatic rings. The summed E-state index contributed by atoms with van der Waals surface area (Å²) in [6.07, 6.45) is 0.759. The van der Waals surface area contributed by atoms with Crippen molar-refractivity contribution in [2.75, 3.05) is 0 Å². The molecular weight excluding hydrogens is 322 g/mol. The lowest BCUT2D eigenvalue weighted by atomic mass is 9.94. The van der Waals surface area contributed by atoms with E-state index in [9.17, 15) is 13.2 Å². The number of benzene rings is 3. The molecule has 0 saturated carbocycles. The zero-order valence-electron chi connectivity index (χ0n) is 12.7. The fourth-order valence-corrected chi connectivity index (χ4v) is 3.13. The number of rotatable bonds is 4. The normalized spacial score (nSPS) is 11.2. The minimum Gasteiger partial charge on any atom is -0.298 e. The Hall–Kier alpha value is -2.76.